The SMILES string of the molecule is Cc1ccc([C@H](C)NC(=O)CC2CCN(C)CC2)cc1C. The quantitative estimate of drug-likeness (QED) is 0.922. The smallest absolute Gasteiger partial charge is 0.220 e. The van der Waals surface area contributed by atoms with Crippen molar-refractivity contribution in [2.24, 2.45) is 5.92 Å². The second-order valence-corrected chi connectivity index (χ2v) is 6.58. The minimum atomic E-state index is 0.0862. The number of piperidine rings is 1. The summed E-state index contributed by atoms with van der Waals surface area (Å²) in [5.41, 5.74) is 3.77. The lowest BCUT2D eigenvalue weighted by Crippen LogP contribution is -2.34. The monoisotopic (exact) mass is 288 g/mol. The Hall–Kier alpha value is -1.35. The molecule has 116 valence electrons. The van der Waals surface area contributed by atoms with E-state index < -0.39 is 0 Å². The first kappa shape index (κ1) is 16.0. The van der Waals surface area contributed by atoms with Gasteiger partial charge in [-0.05, 0) is 76.4 Å². The molecule has 0 spiro atoms. The molecule has 1 aliphatic rings. The van der Waals surface area contributed by atoms with Crippen molar-refractivity contribution in [3.8, 4) is 0 Å². The third-order valence-electron chi connectivity index (χ3n) is 4.72. The summed E-state index contributed by atoms with van der Waals surface area (Å²) in [6.07, 6.45) is 2.95. The maximum absolute atomic E-state index is 12.2. The number of hydrogen-bond donors (Lipinski definition) is 1. The number of rotatable bonds is 4. The van der Waals surface area contributed by atoms with Gasteiger partial charge in [-0.15, -0.1) is 0 Å². The standard InChI is InChI=1S/C18H28N2O/c1-13-5-6-17(11-14(13)2)15(3)19-18(21)12-16-7-9-20(4)10-8-16/h5-6,11,15-16H,7-10,12H2,1-4H3,(H,19,21)/t15-/m0/s1. The fourth-order valence-corrected chi connectivity index (χ4v) is 2.95. The molecule has 0 radical (unpaired) electrons. The molecule has 3 heteroatoms. The Morgan fingerprint density at radius 3 is 2.57 bits per heavy atom. The van der Waals surface area contributed by atoms with Gasteiger partial charge in [0.15, 0.2) is 0 Å². The van der Waals surface area contributed by atoms with Crippen LogP contribution in [-0.4, -0.2) is 30.9 Å². The highest BCUT2D eigenvalue weighted by Crippen LogP contribution is 2.21. The minimum Gasteiger partial charge on any atom is -0.350 e. The van der Waals surface area contributed by atoms with Gasteiger partial charge >= 0.3 is 0 Å². The zero-order valence-corrected chi connectivity index (χ0v) is 13.8. The average Bonchev–Trinajstić information content (AvgIpc) is 2.44. The van der Waals surface area contributed by atoms with Crippen LogP contribution in [0.25, 0.3) is 0 Å². The van der Waals surface area contributed by atoms with Gasteiger partial charge < -0.3 is 10.2 Å². The normalized spacial score (nSPS) is 18.5. The molecule has 1 heterocycles. The van der Waals surface area contributed by atoms with Crippen LogP contribution in [0.2, 0.25) is 0 Å². The summed E-state index contributed by atoms with van der Waals surface area (Å²) >= 11 is 0. The minimum absolute atomic E-state index is 0.0862. The van der Waals surface area contributed by atoms with Crippen molar-refractivity contribution < 1.29 is 4.79 Å². The van der Waals surface area contributed by atoms with Gasteiger partial charge in [-0.2, -0.15) is 0 Å². The fourth-order valence-electron chi connectivity index (χ4n) is 2.95. The van der Waals surface area contributed by atoms with Gasteiger partial charge in [0, 0.05) is 6.42 Å². The second kappa shape index (κ2) is 7.08. The molecule has 1 saturated heterocycles. The number of benzene rings is 1. The number of aryl methyl sites for hydroxylation is 2. The first-order valence-corrected chi connectivity index (χ1v) is 8.00. The van der Waals surface area contributed by atoms with E-state index in [1.165, 1.54) is 16.7 Å². The van der Waals surface area contributed by atoms with E-state index in [1.807, 2.05) is 0 Å². The van der Waals surface area contributed by atoms with Gasteiger partial charge in [-0.25, -0.2) is 0 Å². The third kappa shape index (κ3) is 4.57. The van der Waals surface area contributed by atoms with Crippen LogP contribution in [0.4, 0.5) is 0 Å². The van der Waals surface area contributed by atoms with Gasteiger partial charge in [-0.3, -0.25) is 4.79 Å². The molecule has 0 bridgehead atoms. The van der Waals surface area contributed by atoms with E-state index in [1.54, 1.807) is 0 Å². The predicted molar refractivity (Wildman–Crippen MR) is 87.3 cm³/mol. The number of nitrogens with zero attached hydrogens (tertiary/aromatic N) is 1. The molecular formula is C18H28N2O. The molecule has 3 nitrogen and oxygen atoms in total. The van der Waals surface area contributed by atoms with Crippen LogP contribution in [0.5, 0.6) is 0 Å². The number of nitrogens with one attached hydrogen (secondary N) is 1. The Morgan fingerprint density at radius 1 is 1.29 bits per heavy atom. The van der Waals surface area contributed by atoms with Crippen LogP contribution >= 0.6 is 0 Å². The highest BCUT2D eigenvalue weighted by molar-refractivity contribution is 5.76. The summed E-state index contributed by atoms with van der Waals surface area (Å²) < 4.78 is 0. The molecule has 21 heavy (non-hydrogen) atoms. The Morgan fingerprint density at radius 2 is 1.95 bits per heavy atom. The molecule has 2 rings (SSSR count). The Balaban J connectivity index is 1.85. The molecule has 0 saturated carbocycles. The predicted octanol–water partition coefficient (Wildman–Crippen LogP) is 3.21. The van der Waals surface area contributed by atoms with Crippen molar-refractivity contribution in [2.45, 2.75) is 46.1 Å². The Labute approximate surface area is 128 Å². The van der Waals surface area contributed by atoms with Gasteiger partial charge in [0.05, 0.1) is 6.04 Å². The number of carbonyl (C=O) groups excluding carboxylic acids is 1. The van der Waals surface area contributed by atoms with Crippen LogP contribution in [0, 0.1) is 19.8 Å². The lowest BCUT2D eigenvalue weighted by atomic mass is 9.93. The van der Waals surface area contributed by atoms with Crippen LogP contribution in [0.3, 0.4) is 0 Å². The van der Waals surface area contributed by atoms with Gasteiger partial charge in [0.2, 0.25) is 5.91 Å². The zero-order valence-electron chi connectivity index (χ0n) is 13.8. The van der Waals surface area contributed by atoms with Crippen molar-refractivity contribution in [1.82, 2.24) is 10.2 Å². The molecule has 1 atom stereocenters. The van der Waals surface area contributed by atoms with Gasteiger partial charge in [-0.1, -0.05) is 18.2 Å². The molecule has 0 aromatic heterocycles. The summed E-state index contributed by atoms with van der Waals surface area (Å²) in [7, 11) is 2.15. The lowest BCUT2D eigenvalue weighted by molar-refractivity contribution is -0.123. The molecule has 0 aliphatic carbocycles. The molecule has 1 fully saturated rings. The summed E-state index contributed by atoms with van der Waals surface area (Å²) in [4.78, 5) is 14.5. The number of likely N-dealkylation sites (tertiary alicyclic amines) is 1. The Kier molecular flexibility index (Phi) is 5.40. The number of hydrogen-bond acceptors (Lipinski definition) is 2. The zero-order chi connectivity index (χ0) is 15.4. The van der Waals surface area contributed by atoms with E-state index in [4.69, 9.17) is 0 Å². The highest BCUT2D eigenvalue weighted by Gasteiger charge is 2.20. The van der Waals surface area contributed by atoms with E-state index in [0.29, 0.717) is 12.3 Å². The third-order valence-corrected chi connectivity index (χ3v) is 4.72. The van der Waals surface area contributed by atoms with E-state index in [9.17, 15) is 4.79 Å². The molecule has 1 N–H and O–H groups in total. The van der Waals surface area contributed by atoms with Crippen molar-refractivity contribution in [3.05, 3.63) is 34.9 Å². The van der Waals surface area contributed by atoms with Crippen molar-refractivity contribution in [3.63, 3.8) is 0 Å². The van der Waals surface area contributed by atoms with Crippen LogP contribution in [0.1, 0.15) is 48.9 Å². The van der Waals surface area contributed by atoms with Crippen LogP contribution in [-0.2, 0) is 4.79 Å². The highest BCUT2D eigenvalue weighted by atomic mass is 16.1. The van der Waals surface area contributed by atoms with Gasteiger partial charge in [0.25, 0.3) is 0 Å². The summed E-state index contributed by atoms with van der Waals surface area (Å²) in [5, 5.41) is 3.15. The molecule has 1 aliphatic heterocycles. The second-order valence-electron chi connectivity index (χ2n) is 6.58. The molecule has 1 aromatic rings. The largest absolute Gasteiger partial charge is 0.350 e. The van der Waals surface area contributed by atoms with E-state index in [-0.39, 0.29) is 11.9 Å². The first-order chi connectivity index (χ1) is 9.95. The van der Waals surface area contributed by atoms with Crippen LogP contribution in [0.15, 0.2) is 18.2 Å². The number of amides is 1. The summed E-state index contributed by atoms with van der Waals surface area (Å²) in [5.74, 6) is 0.739. The molecular weight excluding hydrogens is 260 g/mol. The van der Waals surface area contributed by atoms with Crippen molar-refractivity contribution in [2.75, 3.05) is 20.1 Å². The lowest BCUT2D eigenvalue weighted by Gasteiger charge is -2.28. The molecule has 1 amide bonds. The molecule has 1 aromatic carbocycles. The van der Waals surface area contributed by atoms with Gasteiger partial charge in [0.1, 0.15) is 0 Å². The summed E-state index contributed by atoms with van der Waals surface area (Å²) in [6, 6.07) is 6.51. The Bertz CT molecular complexity index is 490. The molecule has 0 unspecified atom stereocenters. The maximum Gasteiger partial charge on any atom is 0.220 e. The number of carbonyl (C=O) groups is 1. The van der Waals surface area contributed by atoms with Crippen molar-refractivity contribution >= 4 is 5.91 Å². The van der Waals surface area contributed by atoms with E-state index in [0.717, 1.165) is 25.9 Å². The fraction of sp³-hybridized carbons (Fsp3) is 0.611. The van der Waals surface area contributed by atoms with Crippen molar-refractivity contribution in [1.29, 1.82) is 0 Å². The van der Waals surface area contributed by atoms with Crippen LogP contribution < -0.4 is 5.32 Å². The van der Waals surface area contributed by atoms with E-state index >= 15 is 0 Å². The topological polar surface area (TPSA) is 32.3 Å². The first-order valence-electron chi connectivity index (χ1n) is 8.00. The maximum atomic E-state index is 12.2. The summed E-state index contributed by atoms with van der Waals surface area (Å²) in [6.45, 7) is 8.53. The van der Waals surface area contributed by atoms with E-state index in [2.05, 4.69) is 56.2 Å². The average molecular weight is 288 g/mol.